The van der Waals surface area contributed by atoms with Gasteiger partial charge in [-0.2, -0.15) is 22.0 Å². The van der Waals surface area contributed by atoms with Crippen LogP contribution in [0.15, 0.2) is 82.3 Å². The molecule has 0 aliphatic heterocycles. The van der Waals surface area contributed by atoms with Gasteiger partial charge in [-0.05, 0) is 59.7 Å². The second-order valence-corrected chi connectivity index (χ2v) is 11.3. The Bertz CT molecular complexity index is 1790. The van der Waals surface area contributed by atoms with Gasteiger partial charge in [0.05, 0.1) is 9.92 Å². The highest BCUT2D eigenvalue weighted by atomic mass is 35.5. The Morgan fingerprint density at radius 2 is 1.76 bits per heavy atom. The van der Waals surface area contributed by atoms with Crippen molar-refractivity contribution >= 4 is 32.8 Å². The number of hydrogen-bond donors (Lipinski definition) is 2. The smallest absolute Gasteiger partial charge is 0.432 e. The zero-order chi connectivity index (χ0) is 30.8. The fraction of sp³-hybridized carbons (Fsp3) is 0.143. The van der Waals surface area contributed by atoms with Gasteiger partial charge in [-0.3, -0.25) is 5.41 Å². The molecule has 3 aromatic carbocycles. The largest absolute Gasteiger partial charge is 0.440 e. The van der Waals surface area contributed by atoms with Crippen LogP contribution in [0.2, 0.25) is 5.02 Å². The van der Waals surface area contributed by atoms with Crippen LogP contribution in [0.5, 0.6) is 5.75 Å². The number of sulfone groups is 1. The maximum absolute atomic E-state index is 12.8. The lowest BCUT2D eigenvalue weighted by molar-refractivity contribution is -0.0584. The van der Waals surface area contributed by atoms with Crippen molar-refractivity contribution in [1.29, 1.82) is 5.41 Å². The summed E-state index contributed by atoms with van der Waals surface area (Å²) < 4.78 is 98.3. The summed E-state index contributed by atoms with van der Waals surface area (Å²) in [7, 11) is -3.52. The average molecular weight is 626 g/mol. The van der Waals surface area contributed by atoms with E-state index in [0.29, 0.717) is 28.3 Å². The molecule has 0 spiro atoms. The van der Waals surface area contributed by atoms with Crippen LogP contribution >= 0.6 is 11.6 Å². The molecule has 0 atom stereocenters. The van der Waals surface area contributed by atoms with E-state index in [0.717, 1.165) is 12.5 Å². The summed E-state index contributed by atoms with van der Waals surface area (Å²) in [5, 5.41) is 9.77. The number of rotatable bonds is 9. The van der Waals surface area contributed by atoms with E-state index in [-0.39, 0.29) is 38.7 Å². The first kappa shape index (κ1) is 30.7. The number of ether oxygens (including phenoxy) is 1. The predicted octanol–water partition coefficient (Wildman–Crippen LogP) is 8.15. The average Bonchev–Trinajstić information content (AvgIpc) is 3.30. The molecule has 0 aliphatic rings. The van der Waals surface area contributed by atoms with Gasteiger partial charge in [-0.15, -0.1) is 0 Å². The minimum absolute atomic E-state index is 0.0797. The van der Waals surface area contributed by atoms with Crippen LogP contribution in [-0.2, 0) is 9.84 Å². The van der Waals surface area contributed by atoms with Gasteiger partial charge in [0.1, 0.15) is 17.2 Å². The first-order chi connectivity index (χ1) is 19.6. The molecule has 1 aromatic heterocycles. The summed E-state index contributed by atoms with van der Waals surface area (Å²) in [4.78, 5) is 4.53. The number of halogens is 6. The Hall–Kier alpha value is -4.23. The van der Waals surface area contributed by atoms with Crippen molar-refractivity contribution in [3.63, 3.8) is 0 Å². The quantitative estimate of drug-likeness (QED) is 0.144. The molecular weight excluding hydrogens is 605 g/mol. The van der Waals surface area contributed by atoms with Crippen molar-refractivity contribution in [3.8, 4) is 39.5 Å². The van der Waals surface area contributed by atoms with Crippen molar-refractivity contribution in [2.45, 2.75) is 24.6 Å². The third-order valence-corrected chi connectivity index (χ3v) is 7.21. The van der Waals surface area contributed by atoms with Crippen LogP contribution in [0.1, 0.15) is 5.89 Å². The van der Waals surface area contributed by atoms with E-state index in [1.165, 1.54) is 30.3 Å². The summed E-state index contributed by atoms with van der Waals surface area (Å²) in [6, 6.07) is 14.9. The summed E-state index contributed by atoms with van der Waals surface area (Å²) in [5.74, 6) is 0.101. The van der Waals surface area contributed by atoms with Gasteiger partial charge in [0.25, 0.3) is 0 Å². The molecule has 0 saturated heterocycles. The molecule has 7 nitrogen and oxygen atoms in total. The number of anilines is 1. The van der Waals surface area contributed by atoms with Crippen molar-refractivity contribution < 1.29 is 39.5 Å². The van der Waals surface area contributed by atoms with Crippen LogP contribution in [0.4, 0.5) is 27.6 Å². The topological polar surface area (TPSA) is 105 Å². The third-order valence-electron chi connectivity index (χ3n) is 5.81. The minimum atomic E-state index is -4.84. The number of oxazole rings is 1. The standard InChI is InChI=1S/C28H21ClF5N3O4S/c1-15-37-25(26(40-15)18-7-9-23(21(29)14-18)41-27(30)31)20-13-17(16-4-3-5-19(12-16)42(2,38)39)6-8-22(20)36-11-10-24(35)28(32,33)34/h3-14,27,35-36H,1-2H3/b11-10-,35-24?. The van der Waals surface area contributed by atoms with E-state index < -0.39 is 28.3 Å². The van der Waals surface area contributed by atoms with E-state index in [1.54, 1.807) is 37.3 Å². The second-order valence-electron chi connectivity index (χ2n) is 8.88. The zero-order valence-corrected chi connectivity index (χ0v) is 23.3. The molecule has 2 N–H and O–H groups in total. The lowest BCUT2D eigenvalue weighted by Crippen LogP contribution is -2.19. The molecule has 0 bridgehead atoms. The summed E-state index contributed by atoms with van der Waals surface area (Å²) in [6.45, 7) is -1.54. The number of alkyl halides is 5. The molecule has 0 aliphatic carbocycles. The highest BCUT2D eigenvalue weighted by Gasteiger charge is 2.32. The molecule has 0 radical (unpaired) electrons. The second kappa shape index (κ2) is 11.9. The van der Waals surface area contributed by atoms with Gasteiger partial charge < -0.3 is 14.5 Å². The summed E-state index contributed by atoms with van der Waals surface area (Å²) in [5.41, 5.74) is 0.635. The lowest BCUT2D eigenvalue weighted by atomic mass is 9.98. The Balaban J connectivity index is 1.86. The van der Waals surface area contributed by atoms with Crippen LogP contribution in [0, 0.1) is 12.3 Å². The van der Waals surface area contributed by atoms with Gasteiger partial charge in [0.15, 0.2) is 21.5 Å². The molecule has 220 valence electrons. The molecule has 14 heteroatoms. The number of benzene rings is 3. The summed E-state index contributed by atoms with van der Waals surface area (Å²) >= 11 is 6.15. The van der Waals surface area contributed by atoms with Gasteiger partial charge in [-0.25, -0.2) is 13.4 Å². The maximum atomic E-state index is 12.8. The normalized spacial score (nSPS) is 12.2. The molecule has 1 heterocycles. The Morgan fingerprint density at radius 1 is 1.07 bits per heavy atom. The van der Waals surface area contributed by atoms with Gasteiger partial charge in [0.2, 0.25) is 0 Å². The number of nitrogens with one attached hydrogen (secondary N) is 2. The molecule has 0 saturated carbocycles. The van der Waals surface area contributed by atoms with Crippen molar-refractivity contribution in [2.24, 2.45) is 0 Å². The highest BCUT2D eigenvalue weighted by molar-refractivity contribution is 7.90. The van der Waals surface area contributed by atoms with Crippen LogP contribution in [0.25, 0.3) is 33.7 Å². The minimum Gasteiger partial charge on any atom is -0.440 e. The molecule has 42 heavy (non-hydrogen) atoms. The first-order valence-corrected chi connectivity index (χ1v) is 14.2. The van der Waals surface area contributed by atoms with Gasteiger partial charge in [0, 0.05) is 36.2 Å². The molecule has 4 aromatic rings. The Kier molecular flexibility index (Phi) is 8.73. The zero-order valence-electron chi connectivity index (χ0n) is 21.8. The number of allylic oxidation sites excluding steroid dienone is 1. The van der Waals surface area contributed by atoms with Crippen molar-refractivity contribution in [2.75, 3.05) is 11.6 Å². The fourth-order valence-electron chi connectivity index (χ4n) is 3.90. The molecule has 0 fully saturated rings. The van der Waals surface area contributed by atoms with E-state index in [1.807, 2.05) is 0 Å². The molecular formula is C28H21ClF5N3O4S. The van der Waals surface area contributed by atoms with Crippen LogP contribution in [0.3, 0.4) is 0 Å². The fourth-order valence-corrected chi connectivity index (χ4v) is 4.79. The SMILES string of the molecule is Cc1nc(-c2cc(-c3cccc(S(C)(=O)=O)c3)ccc2N/C=C\C(=N)C(F)(F)F)c(-c2ccc(OC(F)F)c(Cl)c2)o1. The molecule has 4 rings (SSSR count). The highest BCUT2D eigenvalue weighted by Crippen LogP contribution is 2.41. The van der Waals surface area contributed by atoms with E-state index >= 15 is 0 Å². The maximum Gasteiger partial charge on any atom is 0.432 e. The Morgan fingerprint density at radius 3 is 2.40 bits per heavy atom. The summed E-state index contributed by atoms with van der Waals surface area (Å²) in [6.07, 6.45) is -2.28. The Labute approximate surface area is 242 Å². The predicted molar refractivity (Wildman–Crippen MR) is 149 cm³/mol. The van der Waals surface area contributed by atoms with Crippen molar-refractivity contribution in [1.82, 2.24) is 4.98 Å². The van der Waals surface area contributed by atoms with Gasteiger partial charge >= 0.3 is 12.8 Å². The number of hydrogen-bond acceptors (Lipinski definition) is 7. The van der Waals surface area contributed by atoms with Gasteiger partial charge in [-0.1, -0.05) is 29.8 Å². The lowest BCUT2D eigenvalue weighted by Gasteiger charge is -2.13. The van der Waals surface area contributed by atoms with E-state index in [2.05, 4.69) is 15.0 Å². The third kappa shape index (κ3) is 7.15. The van der Waals surface area contributed by atoms with Crippen molar-refractivity contribution in [3.05, 3.63) is 83.9 Å². The number of nitrogens with zero attached hydrogens (tertiary/aromatic N) is 1. The van der Waals surface area contributed by atoms with E-state index in [4.69, 9.17) is 21.4 Å². The number of aromatic nitrogens is 1. The molecule has 0 amide bonds. The van der Waals surface area contributed by atoms with E-state index in [9.17, 15) is 30.4 Å². The number of aryl methyl sites for hydroxylation is 1. The van der Waals surface area contributed by atoms with Crippen LogP contribution in [-0.4, -0.2) is 38.2 Å². The first-order valence-electron chi connectivity index (χ1n) is 11.9. The van der Waals surface area contributed by atoms with Crippen LogP contribution < -0.4 is 10.1 Å². The monoisotopic (exact) mass is 625 g/mol. The molecule has 0 unspecified atom stereocenters.